The summed E-state index contributed by atoms with van der Waals surface area (Å²) >= 11 is 0. The maximum Gasteiger partial charge on any atom is 0.0165 e. The van der Waals surface area contributed by atoms with Gasteiger partial charge in [-0.1, -0.05) is 35.9 Å². The monoisotopic (exact) mass is 258 g/mol. The van der Waals surface area contributed by atoms with Crippen LogP contribution in [0.25, 0.3) is 6.08 Å². The lowest BCUT2D eigenvalue weighted by molar-refractivity contribution is 0.361. The highest BCUT2D eigenvalue weighted by atomic mass is 14.9. The molecule has 0 bridgehead atoms. The lowest BCUT2D eigenvalue weighted by atomic mass is 9.98. The van der Waals surface area contributed by atoms with Gasteiger partial charge in [-0.05, 0) is 63.4 Å². The smallest absolute Gasteiger partial charge is 0.0165 e. The molecular weight excluding hydrogens is 232 g/mol. The highest BCUT2D eigenvalue weighted by molar-refractivity contribution is 5.56. The van der Waals surface area contributed by atoms with Crippen molar-refractivity contribution in [3.8, 4) is 0 Å². The van der Waals surface area contributed by atoms with Crippen molar-refractivity contribution < 1.29 is 0 Å². The minimum absolute atomic E-state index is 0.854. The van der Waals surface area contributed by atoms with Gasteiger partial charge in [-0.15, -0.1) is 0 Å². The molecule has 1 saturated heterocycles. The van der Waals surface area contributed by atoms with Crippen molar-refractivity contribution in [2.45, 2.75) is 26.7 Å². The zero-order valence-corrected chi connectivity index (χ0v) is 12.2. The molecule has 0 spiro atoms. The molecule has 0 saturated carbocycles. The summed E-state index contributed by atoms with van der Waals surface area (Å²) in [4.78, 5) is 0. The van der Waals surface area contributed by atoms with Crippen LogP contribution in [0, 0.1) is 12.8 Å². The van der Waals surface area contributed by atoms with Crippen LogP contribution < -0.4 is 10.6 Å². The van der Waals surface area contributed by atoms with Crippen LogP contribution in [-0.2, 0) is 0 Å². The van der Waals surface area contributed by atoms with E-state index in [1.165, 1.54) is 42.6 Å². The number of piperidine rings is 1. The summed E-state index contributed by atoms with van der Waals surface area (Å²) in [5.74, 6) is 0.854. The van der Waals surface area contributed by atoms with E-state index in [2.05, 4.69) is 54.8 Å². The molecule has 1 aromatic carbocycles. The quantitative estimate of drug-likeness (QED) is 0.848. The van der Waals surface area contributed by atoms with Gasteiger partial charge in [0.15, 0.2) is 0 Å². The van der Waals surface area contributed by atoms with Gasteiger partial charge in [-0.3, -0.25) is 0 Å². The third-order valence-corrected chi connectivity index (χ3v) is 3.89. The van der Waals surface area contributed by atoms with E-state index in [4.69, 9.17) is 0 Å². The van der Waals surface area contributed by atoms with Gasteiger partial charge in [0.1, 0.15) is 0 Å². The summed E-state index contributed by atoms with van der Waals surface area (Å²) < 4.78 is 0. The van der Waals surface area contributed by atoms with Gasteiger partial charge in [0, 0.05) is 6.54 Å². The topological polar surface area (TPSA) is 24.1 Å². The average molecular weight is 258 g/mol. The first-order valence-corrected chi connectivity index (χ1v) is 7.40. The van der Waals surface area contributed by atoms with Crippen molar-refractivity contribution in [3.63, 3.8) is 0 Å². The van der Waals surface area contributed by atoms with E-state index in [1.54, 1.807) is 0 Å². The molecule has 0 amide bonds. The molecule has 104 valence electrons. The first-order valence-electron chi connectivity index (χ1n) is 7.40. The highest BCUT2D eigenvalue weighted by Gasteiger charge is 2.11. The Bertz CT molecular complexity index is 417. The summed E-state index contributed by atoms with van der Waals surface area (Å²) in [5.41, 5.74) is 4.09. The van der Waals surface area contributed by atoms with E-state index in [0.717, 1.165) is 19.0 Å². The van der Waals surface area contributed by atoms with Crippen molar-refractivity contribution in [1.82, 2.24) is 10.6 Å². The minimum Gasteiger partial charge on any atom is -0.317 e. The molecule has 1 heterocycles. The Hall–Kier alpha value is -1.12. The Morgan fingerprint density at radius 2 is 2.05 bits per heavy atom. The fourth-order valence-corrected chi connectivity index (χ4v) is 2.62. The molecule has 0 aromatic heterocycles. The number of nitrogens with one attached hydrogen (secondary N) is 2. The summed E-state index contributed by atoms with van der Waals surface area (Å²) in [6.07, 6.45) is 4.92. The van der Waals surface area contributed by atoms with Gasteiger partial charge in [-0.2, -0.15) is 0 Å². The minimum atomic E-state index is 0.854. The Labute approximate surface area is 117 Å². The number of hydrogen-bond donors (Lipinski definition) is 2. The van der Waals surface area contributed by atoms with E-state index < -0.39 is 0 Å². The van der Waals surface area contributed by atoms with Crippen molar-refractivity contribution in [1.29, 1.82) is 0 Å². The number of hydrogen-bond acceptors (Lipinski definition) is 2. The number of aryl methyl sites for hydroxylation is 1. The van der Waals surface area contributed by atoms with Crippen molar-refractivity contribution in [2.75, 3.05) is 26.2 Å². The Morgan fingerprint density at radius 1 is 1.32 bits per heavy atom. The predicted octanol–water partition coefficient (Wildman–Crippen LogP) is 2.99. The molecule has 2 heteroatoms. The van der Waals surface area contributed by atoms with Crippen molar-refractivity contribution in [2.24, 2.45) is 5.92 Å². The normalized spacial score (nSPS) is 17.7. The molecule has 1 aliphatic heterocycles. The second-order valence-electron chi connectivity index (χ2n) is 5.67. The van der Waals surface area contributed by atoms with E-state index >= 15 is 0 Å². The third-order valence-electron chi connectivity index (χ3n) is 3.89. The highest BCUT2D eigenvalue weighted by Crippen LogP contribution is 2.12. The molecule has 1 fully saturated rings. The Kier molecular flexibility index (Phi) is 5.62. The molecule has 2 nitrogen and oxygen atoms in total. The predicted molar refractivity (Wildman–Crippen MR) is 83.3 cm³/mol. The van der Waals surface area contributed by atoms with Crippen molar-refractivity contribution >= 4 is 6.08 Å². The zero-order chi connectivity index (χ0) is 13.5. The summed E-state index contributed by atoms with van der Waals surface area (Å²) in [6.45, 7) is 8.90. The Morgan fingerprint density at radius 3 is 2.79 bits per heavy atom. The summed E-state index contributed by atoms with van der Waals surface area (Å²) in [5, 5.41) is 7.01. The SMILES string of the molecule is C/C(=C\c1ccccc1C)CNCC1CCNCC1. The van der Waals surface area contributed by atoms with Gasteiger partial charge in [0.2, 0.25) is 0 Å². The van der Waals surface area contributed by atoms with Crippen LogP contribution in [-0.4, -0.2) is 26.2 Å². The van der Waals surface area contributed by atoms with Gasteiger partial charge in [-0.25, -0.2) is 0 Å². The largest absolute Gasteiger partial charge is 0.317 e. The molecule has 1 aliphatic rings. The maximum absolute atomic E-state index is 3.60. The van der Waals surface area contributed by atoms with Crippen molar-refractivity contribution in [3.05, 3.63) is 41.0 Å². The van der Waals surface area contributed by atoms with Gasteiger partial charge in [0.05, 0.1) is 0 Å². The molecule has 0 aliphatic carbocycles. The van der Waals surface area contributed by atoms with Crippen LogP contribution in [0.5, 0.6) is 0 Å². The molecule has 0 unspecified atom stereocenters. The fourth-order valence-electron chi connectivity index (χ4n) is 2.62. The third kappa shape index (κ3) is 4.81. The van der Waals surface area contributed by atoms with E-state index in [1.807, 2.05) is 0 Å². The summed E-state index contributed by atoms with van der Waals surface area (Å²) in [6, 6.07) is 8.55. The Balaban J connectivity index is 1.77. The number of rotatable bonds is 5. The zero-order valence-electron chi connectivity index (χ0n) is 12.2. The maximum atomic E-state index is 3.60. The molecule has 19 heavy (non-hydrogen) atoms. The van der Waals surface area contributed by atoms with Crippen LogP contribution in [0.1, 0.15) is 30.9 Å². The molecule has 2 N–H and O–H groups in total. The average Bonchev–Trinajstić information content (AvgIpc) is 2.43. The van der Waals surface area contributed by atoms with Crippen LogP contribution in [0.2, 0.25) is 0 Å². The number of benzene rings is 1. The van der Waals surface area contributed by atoms with Gasteiger partial charge < -0.3 is 10.6 Å². The second-order valence-corrected chi connectivity index (χ2v) is 5.67. The molecule has 2 rings (SSSR count). The lowest BCUT2D eigenvalue weighted by Gasteiger charge is -2.22. The lowest BCUT2D eigenvalue weighted by Crippen LogP contribution is -2.34. The first kappa shape index (κ1) is 14.3. The summed E-state index contributed by atoms with van der Waals surface area (Å²) in [7, 11) is 0. The standard InChI is InChI=1S/C17H26N2/c1-14(11-17-6-4-3-5-15(17)2)12-19-13-16-7-9-18-10-8-16/h3-6,11,16,18-19H,7-10,12-13H2,1-2H3/b14-11+. The van der Waals surface area contributed by atoms with E-state index in [9.17, 15) is 0 Å². The van der Waals surface area contributed by atoms with E-state index in [0.29, 0.717) is 0 Å². The van der Waals surface area contributed by atoms with Gasteiger partial charge >= 0.3 is 0 Å². The molecular formula is C17H26N2. The molecule has 0 atom stereocenters. The van der Waals surface area contributed by atoms with Crippen LogP contribution in [0.4, 0.5) is 0 Å². The van der Waals surface area contributed by atoms with Crippen LogP contribution in [0.3, 0.4) is 0 Å². The fraction of sp³-hybridized carbons (Fsp3) is 0.529. The first-order chi connectivity index (χ1) is 9.25. The molecule has 0 radical (unpaired) electrons. The molecule has 1 aromatic rings. The van der Waals surface area contributed by atoms with Crippen LogP contribution >= 0.6 is 0 Å². The van der Waals surface area contributed by atoms with E-state index in [-0.39, 0.29) is 0 Å². The second kappa shape index (κ2) is 7.46. The van der Waals surface area contributed by atoms with Crippen LogP contribution in [0.15, 0.2) is 29.8 Å². The van der Waals surface area contributed by atoms with Gasteiger partial charge in [0.25, 0.3) is 0 Å².